The molecule has 0 fully saturated rings. The predicted octanol–water partition coefficient (Wildman–Crippen LogP) is 11.4. The van der Waals surface area contributed by atoms with Gasteiger partial charge in [0.05, 0.1) is 22.4 Å². The number of hydrogen-bond donors (Lipinski definition) is 0. The van der Waals surface area contributed by atoms with Crippen LogP contribution in [0.4, 0.5) is 17.1 Å². The van der Waals surface area contributed by atoms with E-state index in [4.69, 9.17) is 14.4 Å². The van der Waals surface area contributed by atoms with Crippen molar-refractivity contribution in [2.24, 2.45) is 0 Å². The third-order valence-corrected chi connectivity index (χ3v) is 8.83. The van der Waals surface area contributed by atoms with Gasteiger partial charge in [0.2, 0.25) is 11.8 Å². The van der Waals surface area contributed by atoms with Crippen LogP contribution in [0.1, 0.15) is 26.3 Å². The predicted molar refractivity (Wildman–Crippen MR) is 203 cm³/mol. The Balaban J connectivity index is 1.18. The number of aromatic nitrogens is 4. The average molecular weight is 650 g/mol. The summed E-state index contributed by atoms with van der Waals surface area (Å²) in [6.07, 6.45) is 0. The molecule has 6 heteroatoms. The summed E-state index contributed by atoms with van der Waals surface area (Å²) < 4.78 is 6.05. The quantitative estimate of drug-likeness (QED) is 0.171. The van der Waals surface area contributed by atoms with Gasteiger partial charge in [-0.15, -0.1) is 10.2 Å². The third kappa shape index (κ3) is 6.15. The fraction of sp³-hybridized carbons (Fsp3) is 0.0909. The molecule has 0 N–H and O–H groups in total. The molecule has 2 aromatic heterocycles. The molecule has 0 unspecified atom stereocenters. The number of rotatable bonds is 7. The van der Waals surface area contributed by atoms with Gasteiger partial charge >= 0.3 is 0 Å². The molecule has 0 atom stereocenters. The first-order chi connectivity index (χ1) is 24.4. The molecule has 0 bridgehead atoms. The molecule has 0 radical (unpaired) electrons. The highest BCUT2D eigenvalue weighted by atomic mass is 16.4. The fourth-order valence-corrected chi connectivity index (χ4v) is 6.12. The Kier molecular flexibility index (Phi) is 7.97. The Bertz CT molecular complexity index is 2380. The lowest BCUT2D eigenvalue weighted by Gasteiger charge is -2.27. The van der Waals surface area contributed by atoms with Crippen LogP contribution in [0.5, 0.6) is 0 Å². The Morgan fingerprint density at radius 1 is 0.420 bits per heavy atom. The van der Waals surface area contributed by atoms with Gasteiger partial charge in [-0.05, 0) is 83.8 Å². The molecule has 0 amide bonds. The van der Waals surface area contributed by atoms with Crippen molar-refractivity contribution in [3.05, 3.63) is 163 Å². The Morgan fingerprint density at radius 2 is 0.800 bits per heavy atom. The van der Waals surface area contributed by atoms with Gasteiger partial charge in [0.15, 0.2) is 0 Å². The van der Waals surface area contributed by atoms with Gasteiger partial charge in [0.1, 0.15) is 0 Å². The standard InChI is InChI=1S/C44H35N5O/c1-44(2,3)34-22-28-37(29-23-34)49(36-26-20-33(21-27-36)43-48-47-42(50-43)32-14-8-5-9-15-32)35-24-18-31(19-25-35)41-40(30-12-6-4-7-13-30)45-38-16-10-11-17-39(38)46-41/h4-29H,1-3H3. The van der Waals surface area contributed by atoms with Gasteiger partial charge < -0.3 is 9.32 Å². The van der Waals surface area contributed by atoms with E-state index < -0.39 is 0 Å². The molecule has 50 heavy (non-hydrogen) atoms. The van der Waals surface area contributed by atoms with E-state index in [1.807, 2.05) is 84.9 Å². The van der Waals surface area contributed by atoms with E-state index in [2.05, 4.69) is 109 Å². The molecule has 0 saturated heterocycles. The zero-order valence-electron chi connectivity index (χ0n) is 28.2. The van der Waals surface area contributed by atoms with Crippen molar-refractivity contribution in [3.63, 3.8) is 0 Å². The van der Waals surface area contributed by atoms with Crippen LogP contribution < -0.4 is 4.90 Å². The number of benzene rings is 6. The van der Waals surface area contributed by atoms with Gasteiger partial charge in [-0.25, -0.2) is 9.97 Å². The van der Waals surface area contributed by atoms with E-state index in [0.717, 1.165) is 61.7 Å². The molecular weight excluding hydrogens is 615 g/mol. The zero-order chi connectivity index (χ0) is 34.1. The molecule has 0 saturated carbocycles. The van der Waals surface area contributed by atoms with Crippen molar-refractivity contribution in [2.45, 2.75) is 26.2 Å². The maximum atomic E-state index is 6.05. The number of fused-ring (bicyclic) bond motifs is 1. The van der Waals surface area contributed by atoms with Crippen LogP contribution in [-0.4, -0.2) is 20.2 Å². The SMILES string of the molecule is CC(C)(C)c1ccc(N(c2ccc(-c3nnc(-c4ccccc4)o3)cc2)c2ccc(-c3nc4ccccc4nc3-c3ccccc3)cc2)cc1. The summed E-state index contributed by atoms with van der Waals surface area (Å²) in [6.45, 7) is 6.70. The van der Waals surface area contributed by atoms with E-state index >= 15 is 0 Å². The monoisotopic (exact) mass is 649 g/mol. The first-order valence-corrected chi connectivity index (χ1v) is 16.7. The first-order valence-electron chi connectivity index (χ1n) is 16.7. The van der Waals surface area contributed by atoms with Crippen LogP contribution in [-0.2, 0) is 5.41 Å². The Morgan fingerprint density at radius 3 is 1.28 bits per heavy atom. The van der Waals surface area contributed by atoms with Crippen molar-refractivity contribution in [1.29, 1.82) is 0 Å². The molecule has 0 aliphatic carbocycles. The van der Waals surface area contributed by atoms with E-state index in [0.29, 0.717) is 11.8 Å². The van der Waals surface area contributed by atoms with Crippen molar-refractivity contribution in [3.8, 4) is 45.4 Å². The molecule has 242 valence electrons. The van der Waals surface area contributed by atoms with Crippen LogP contribution in [0.2, 0.25) is 0 Å². The van der Waals surface area contributed by atoms with Crippen LogP contribution in [0, 0.1) is 0 Å². The number of nitrogens with zero attached hydrogens (tertiary/aromatic N) is 5. The van der Waals surface area contributed by atoms with Gasteiger partial charge in [0, 0.05) is 39.3 Å². The Hall–Kier alpha value is -6.40. The first kappa shape index (κ1) is 30.9. The van der Waals surface area contributed by atoms with Crippen LogP contribution >= 0.6 is 0 Å². The summed E-state index contributed by atoms with van der Waals surface area (Å²) in [5.74, 6) is 0.975. The van der Waals surface area contributed by atoms with Crippen molar-refractivity contribution in [2.75, 3.05) is 4.90 Å². The second-order valence-corrected chi connectivity index (χ2v) is 13.3. The van der Waals surface area contributed by atoms with E-state index in [1.165, 1.54) is 5.56 Å². The largest absolute Gasteiger partial charge is 0.416 e. The Labute approximate surface area is 291 Å². The maximum absolute atomic E-state index is 6.05. The average Bonchev–Trinajstić information content (AvgIpc) is 3.66. The van der Waals surface area contributed by atoms with Crippen LogP contribution in [0.25, 0.3) is 56.5 Å². The maximum Gasteiger partial charge on any atom is 0.248 e. The molecular formula is C44H35N5O. The smallest absolute Gasteiger partial charge is 0.248 e. The summed E-state index contributed by atoms with van der Waals surface area (Å²) in [5.41, 5.74) is 11.6. The molecule has 8 rings (SSSR count). The van der Waals surface area contributed by atoms with E-state index in [-0.39, 0.29) is 5.41 Å². The summed E-state index contributed by atoms with van der Waals surface area (Å²) in [6, 6.07) is 53.7. The van der Waals surface area contributed by atoms with Gasteiger partial charge in [-0.2, -0.15) is 0 Å². The summed E-state index contributed by atoms with van der Waals surface area (Å²) in [5, 5.41) is 8.61. The highest BCUT2D eigenvalue weighted by Gasteiger charge is 2.19. The molecule has 8 aromatic rings. The second kappa shape index (κ2) is 12.9. The van der Waals surface area contributed by atoms with Gasteiger partial charge in [0.25, 0.3) is 0 Å². The summed E-state index contributed by atoms with van der Waals surface area (Å²) >= 11 is 0. The molecule has 0 spiro atoms. The minimum atomic E-state index is 0.0483. The molecule has 6 aromatic carbocycles. The molecule has 2 heterocycles. The van der Waals surface area contributed by atoms with Crippen LogP contribution in [0.3, 0.4) is 0 Å². The van der Waals surface area contributed by atoms with E-state index in [9.17, 15) is 0 Å². The van der Waals surface area contributed by atoms with Crippen molar-refractivity contribution in [1.82, 2.24) is 20.2 Å². The molecule has 0 aliphatic rings. The highest BCUT2D eigenvalue weighted by molar-refractivity contribution is 5.87. The van der Waals surface area contributed by atoms with Gasteiger partial charge in [-0.1, -0.05) is 106 Å². The van der Waals surface area contributed by atoms with Crippen molar-refractivity contribution < 1.29 is 4.42 Å². The fourth-order valence-electron chi connectivity index (χ4n) is 6.12. The van der Waals surface area contributed by atoms with Crippen LogP contribution in [0.15, 0.2) is 162 Å². The summed E-state index contributed by atoms with van der Waals surface area (Å²) in [7, 11) is 0. The van der Waals surface area contributed by atoms with Crippen molar-refractivity contribution >= 4 is 28.1 Å². The number of para-hydroxylation sites is 2. The molecule has 6 nitrogen and oxygen atoms in total. The third-order valence-electron chi connectivity index (χ3n) is 8.83. The molecule has 0 aliphatic heterocycles. The number of hydrogen-bond acceptors (Lipinski definition) is 6. The van der Waals surface area contributed by atoms with E-state index in [1.54, 1.807) is 0 Å². The number of anilines is 3. The zero-order valence-corrected chi connectivity index (χ0v) is 28.2. The lowest BCUT2D eigenvalue weighted by Crippen LogP contribution is -2.13. The van der Waals surface area contributed by atoms with Gasteiger partial charge in [-0.3, -0.25) is 0 Å². The highest BCUT2D eigenvalue weighted by Crippen LogP contribution is 2.39. The minimum absolute atomic E-state index is 0.0483. The lowest BCUT2D eigenvalue weighted by atomic mass is 9.87. The second-order valence-electron chi connectivity index (χ2n) is 13.3. The summed E-state index contributed by atoms with van der Waals surface area (Å²) in [4.78, 5) is 12.4. The minimum Gasteiger partial charge on any atom is -0.416 e. The normalized spacial score (nSPS) is 11.5. The topological polar surface area (TPSA) is 67.9 Å². The lowest BCUT2D eigenvalue weighted by molar-refractivity contribution is 0.584.